The van der Waals surface area contributed by atoms with E-state index in [0.717, 1.165) is 55.4 Å². The van der Waals surface area contributed by atoms with E-state index in [9.17, 15) is 0 Å². The second-order valence-electron chi connectivity index (χ2n) is 9.80. The molecule has 216 valence electrons. The van der Waals surface area contributed by atoms with Crippen molar-refractivity contribution in [3.63, 3.8) is 0 Å². The Kier molecular flexibility index (Phi) is 11.8. The number of anilines is 3. The largest absolute Gasteiger partial charge is 0.493 e. The quantitative estimate of drug-likeness (QED) is 0.297. The minimum atomic E-state index is 0.562. The lowest BCUT2D eigenvalue weighted by atomic mass is 9.98. The van der Waals surface area contributed by atoms with Gasteiger partial charge in [-0.05, 0) is 87.1 Å². The van der Waals surface area contributed by atoms with Crippen LogP contribution >= 0.6 is 0 Å². The van der Waals surface area contributed by atoms with Crippen molar-refractivity contribution in [1.82, 2.24) is 15.0 Å². The van der Waals surface area contributed by atoms with Crippen LogP contribution in [0.3, 0.4) is 0 Å². The molecule has 0 saturated carbocycles. The first-order chi connectivity index (χ1) is 19.4. The zero-order chi connectivity index (χ0) is 29.1. The van der Waals surface area contributed by atoms with Crippen molar-refractivity contribution in [3.05, 3.63) is 64.5 Å². The molecule has 8 nitrogen and oxygen atoms in total. The fraction of sp³-hybridized carbons (Fsp3) is 0.469. The number of rotatable bonds is 10. The van der Waals surface area contributed by atoms with E-state index in [2.05, 4.69) is 62.2 Å². The summed E-state index contributed by atoms with van der Waals surface area (Å²) in [7, 11) is 3.31. The summed E-state index contributed by atoms with van der Waals surface area (Å²) in [4.78, 5) is 16.6. The monoisotopic (exact) mass is 547 g/mol. The fourth-order valence-corrected chi connectivity index (χ4v) is 4.47. The molecular formula is C32H45N5O3. The Bertz CT molecular complexity index is 1280. The molecule has 1 aliphatic rings. The van der Waals surface area contributed by atoms with Crippen LogP contribution in [0.15, 0.2) is 42.0 Å². The topological polar surface area (TPSA) is 81.6 Å². The zero-order valence-corrected chi connectivity index (χ0v) is 25.4. The minimum absolute atomic E-state index is 0.562. The molecule has 0 bridgehead atoms. The third-order valence-corrected chi connectivity index (χ3v) is 6.93. The first kappa shape index (κ1) is 30.9. The number of ether oxygens (including phenoxy) is 3. The van der Waals surface area contributed by atoms with Gasteiger partial charge in [0.1, 0.15) is 5.82 Å². The number of nitrogens with zero attached hydrogens (tertiary/aromatic N) is 4. The molecule has 2 heterocycles. The second-order valence-corrected chi connectivity index (χ2v) is 9.80. The maximum atomic E-state index is 5.54. The van der Waals surface area contributed by atoms with Crippen molar-refractivity contribution in [2.45, 2.75) is 60.8 Å². The van der Waals surface area contributed by atoms with E-state index < -0.39 is 0 Å². The molecule has 0 radical (unpaired) electrons. The molecule has 1 saturated heterocycles. The number of morpholine rings is 1. The highest BCUT2D eigenvalue weighted by molar-refractivity contribution is 5.72. The molecule has 8 heteroatoms. The molecule has 1 aromatic heterocycles. The van der Waals surface area contributed by atoms with E-state index in [1.54, 1.807) is 14.2 Å². The Morgan fingerprint density at radius 1 is 0.900 bits per heavy atom. The van der Waals surface area contributed by atoms with Crippen LogP contribution in [0.25, 0.3) is 5.57 Å². The summed E-state index contributed by atoms with van der Waals surface area (Å²) in [5.41, 5.74) is 7.21. The molecule has 4 rings (SSSR count). The highest BCUT2D eigenvalue weighted by Crippen LogP contribution is 2.29. The average molecular weight is 548 g/mol. The normalized spacial score (nSPS) is 12.8. The van der Waals surface area contributed by atoms with Gasteiger partial charge in [0.25, 0.3) is 0 Å². The Morgan fingerprint density at radius 2 is 1.62 bits per heavy atom. The lowest BCUT2D eigenvalue weighted by Crippen LogP contribution is -2.37. The summed E-state index contributed by atoms with van der Waals surface area (Å²) in [5, 5.41) is 3.45. The number of methoxy groups -OCH3 is 2. The summed E-state index contributed by atoms with van der Waals surface area (Å²) in [6.45, 7) is 15.5. The van der Waals surface area contributed by atoms with Crippen LogP contribution in [-0.2, 0) is 17.6 Å². The van der Waals surface area contributed by atoms with E-state index in [-0.39, 0.29) is 0 Å². The molecule has 1 fully saturated rings. The molecule has 2 aromatic carbocycles. The van der Waals surface area contributed by atoms with Crippen molar-refractivity contribution < 1.29 is 14.2 Å². The van der Waals surface area contributed by atoms with Gasteiger partial charge in [0.05, 0.1) is 27.4 Å². The Morgan fingerprint density at radius 3 is 2.30 bits per heavy atom. The van der Waals surface area contributed by atoms with Crippen molar-refractivity contribution in [2.24, 2.45) is 0 Å². The van der Waals surface area contributed by atoms with Gasteiger partial charge in [-0.15, -0.1) is 0 Å². The molecular weight excluding hydrogens is 502 g/mol. The van der Waals surface area contributed by atoms with Gasteiger partial charge in [-0.3, -0.25) is 0 Å². The van der Waals surface area contributed by atoms with Crippen LogP contribution in [0.4, 0.5) is 17.6 Å². The van der Waals surface area contributed by atoms with Gasteiger partial charge in [-0.1, -0.05) is 31.6 Å². The maximum absolute atomic E-state index is 5.54. The van der Waals surface area contributed by atoms with Gasteiger partial charge in [0.2, 0.25) is 11.9 Å². The summed E-state index contributed by atoms with van der Waals surface area (Å²) in [6, 6.07) is 12.4. The van der Waals surface area contributed by atoms with Gasteiger partial charge >= 0.3 is 0 Å². The van der Waals surface area contributed by atoms with Crippen LogP contribution in [0.2, 0.25) is 0 Å². The van der Waals surface area contributed by atoms with Gasteiger partial charge in [-0.2, -0.15) is 15.0 Å². The first-order valence-corrected chi connectivity index (χ1v) is 14.2. The average Bonchev–Trinajstić information content (AvgIpc) is 2.99. The van der Waals surface area contributed by atoms with Crippen molar-refractivity contribution in [1.29, 1.82) is 0 Å². The fourth-order valence-electron chi connectivity index (χ4n) is 4.47. The van der Waals surface area contributed by atoms with Crippen molar-refractivity contribution in [2.75, 3.05) is 50.7 Å². The van der Waals surface area contributed by atoms with Crippen molar-refractivity contribution >= 4 is 23.2 Å². The SMILES string of the molecule is CC.COc1ccc(CCCc2nc(Nc3ccc(C)c(C(C)=C(C)C)c3)nc(N3CCOCC3)n2)cc1OC. The molecule has 0 atom stereocenters. The molecule has 1 N–H and O–H groups in total. The van der Waals surface area contributed by atoms with E-state index in [4.69, 9.17) is 29.2 Å². The van der Waals surface area contributed by atoms with Crippen LogP contribution in [0.1, 0.15) is 63.6 Å². The Hall–Kier alpha value is -3.65. The molecule has 0 unspecified atom stereocenters. The molecule has 0 aliphatic carbocycles. The third-order valence-electron chi connectivity index (χ3n) is 6.93. The minimum Gasteiger partial charge on any atom is -0.493 e. The molecule has 40 heavy (non-hydrogen) atoms. The standard InChI is InChI=1S/C30H39N5O3.C2H6/c1-20(2)22(4)25-19-24(12-10-21(25)3)31-29-32-28(33-30(34-29)35-14-16-38-17-15-35)9-7-8-23-11-13-26(36-5)27(18-23)37-6;1-2/h10-13,18-19H,7-9,14-17H2,1-6H3,(H,31,32,33,34);1-2H3. The van der Waals surface area contributed by atoms with Crippen LogP contribution < -0.4 is 19.7 Å². The number of hydrogen-bond acceptors (Lipinski definition) is 8. The van der Waals surface area contributed by atoms with E-state index in [1.165, 1.54) is 27.8 Å². The van der Waals surface area contributed by atoms with Gasteiger partial charge < -0.3 is 24.4 Å². The molecule has 3 aromatic rings. The van der Waals surface area contributed by atoms with Crippen LogP contribution in [0.5, 0.6) is 11.5 Å². The number of aryl methyl sites for hydroxylation is 3. The molecule has 0 spiro atoms. The molecule has 0 amide bonds. The number of allylic oxidation sites excluding steroid dienone is 2. The predicted octanol–water partition coefficient (Wildman–Crippen LogP) is 6.79. The van der Waals surface area contributed by atoms with Crippen LogP contribution in [-0.4, -0.2) is 55.5 Å². The van der Waals surface area contributed by atoms with Gasteiger partial charge in [0, 0.05) is 25.2 Å². The Balaban J connectivity index is 0.00000216. The van der Waals surface area contributed by atoms with Gasteiger partial charge in [0.15, 0.2) is 11.5 Å². The smallest absolute Gasteiger partial charge is 0.232 e. The zero-order valence-electron chi connectivity index (χ0n) is 25.4. The highest BCUT2D eigenvalue weighted by Gasteiger charge is 2.17. The summed E-state index contributed by atoms with van der Waals surface area (Å²) in [6.07, 6.45) is 2.51. The third kappa shape index (κ3) is 8.18. The van der Waals surface area contributed by atoms with E-state index in [0.29, 0.717) is 25.1 Å². The Labute approximate surface area is 239 Å². The number of benzene rings is 2. The van der Waals surface area contributed by atoms with E-state index in [1.807, 2.05) is 26.0 Å². The molecule has 1 aliphatic heterocycles. The van der Waals surface area contributed by atoms with Crippen molar-refractivity contribution in [3.8, 4) is 11.5 Å². The van der Waals surface area contributed by atoms with Gasteiger partial charge in [-0.25, -0.2) is 0 Å². The first-order valence-electron chi connectivity index (χ1n) is 14.2. The second kappa shape index (κ2) is 15.2. The lowest BCUT2D eigenvalue weighted by Gasteiger charge is -2.27. The number of aromatic nitrogens is 3. The highest BCUT2D eigenvalue weighted by atomic mass is 16.5. The predicted molar refractivity (Wildman–Crippen MR) is 164 cm³/mol. The summed E-state index contributed by atoms with van der Waals surface area (Å²) < 4.78 is 16.4. The maximum Gasteiger partial charge on any atom is 0.232 e. The number of nitrogens with one attached hydrogen (secondary N) is 1. The summed E-state index contributed by atoms with van der Waals surface area (Å²) >= 11 is 0. The number of hydrogen-bond donors (Lipinski definition) is 1. The van der Waals surface area contributed by atoms with Crippen LogP contribution in [0, 0.1) is 6.92 Å². The van der Waals surface area contributed by atoms with E-state index >= 15 is 0 Å². The lowest BCUT2D eigenvalue weighted by molar-refractivity contribution is 0.122. The summed E-state index contributed by atoms with van der Waals surface area (Å²) in [5.74, 6) is 3.51.